The van der Waals surface area contributed by atoms with Gasteiger partial charge in [-0.2, -0.15) is 0 Å². The van der Waals surface area contributed by atoms with Crippen molar-refractivity contribution in [2.75, 3.05) is 7.11 Å². The first kappa shape index (κ1) is 12.2. The van der Waals surface area contributed by atoms with Gasteiger partial charge in [0.1, 0.15) is 5.75 Å². The molecule has 0 heterocycles. The van der Waals surface area contributed by atoms with Gasteiger partial charge in [-0.25, -0.2) is 0 Å². The van der Waals surface area contributed by atoms with E-state index in [0.717, 1.165) is 10.9 Å². The van der Waals surface area contributed by atoms with Gasteiger partial charge in [0.2, 0.25) is 0 Å². The van der Waals surface area contributed by atoms with Gasteiger partial charge in [0.25, 0.3) is 0 Å². The van der Waals surface area contributed by atoms with Gasteiger partial charge in [0.15, 0.2) is 5.78 Å². The summed E-state index contributed by atoms with van der Waals surface area (Å²) < 4.78 is 5.93. The summed E-state index contributed by atoms with van der Waals surface area (Å²) >= 11 is 3.38. The molecule has 0 saturated heterocycles. The maximum atomic E-state index is 12.0. The molecule has 0 aliphatic carbocycles. The summed E-state index contributed by atoms with van der Waals surface area (Å²) in [5, 5.41) is 0. The molecule has 15 heavy (non-hydrogen) atoms. The van der Waals surface area contributed by atoms with Crippen molar-refractivity contribution in [3.63, 3.8) is 0 Å². The molecular formula is C12H15BrO2. The number of hydrogen-bond acceptors (Lipinski definition) is 2. The normalized spacial score (nSPS) is 12.3. The number of ether oxygens (including phenoxy) is 1. The fourth-order valence-corrected chi connectivity index (χ4v) is 1.71. The SMILES string of the molecule is CCC(C)C(=O)c1cc(OC)ccc1Br. The summed E-state index contributed by atoms with van der Waals surface area (Å²) in [6.07, 6.45) is 0.850. The number of carbonyl (C=O) groups is 1. The molecule has 1 atom stereocenters. The average molecular weight is 271 g/mol. The molecule has 1 aromatic carbocycles. The number of ketones is 1. The van der Waals surface area contributed by atoms with E-state index < -0.39 is 0 Å². The molecule has 3 heteroatoms. The van der Waals surface area contributed by atoms with Crippen LogP contribution in [0.15, 0.2) is 22.7 Å². The lowest BCUT2D eigenvalue weighted by Gasteiger charge is -2.10. The minimum absolute atomic E-state index is 0.0495. The molecule has 0 aliphatic rings. The van der Waals surface area contributed by atoms with Gasteiger partial charge in [0, 0.05) is 16.0 Å². The van der Waals surface area contributed by atoms with Gasteiger partial charge in [0.05, 0.1) is 7.11 Å². The standard InChI is InChI=1S/C12H15BrO2/c1-4-8(2)12(14)10-7-9(15-3)5-6-11(10)13/h5-8H,4H2,1-3H3. The second kappa shape index (κ2) is 5.31. The summed E-state index contributed by atoms with van der Waals surface area (Å²) in [5.74, 6) is 0.918. The number of methoxy groups -OCH3 is 1. The first-order valence-electron chi connectivity index (χ1n) is 4.97. The number of hydrogen-bond donors (Lipinski definition) is 0. The van der Waals surface area contributed by atoms with Crippen molar-refractivity contribution in [2.45, 2.75) is 20.3 Å². The number of Topliss-reactive ketones (excluding diaryl/α,β-unsaturated/α-hetero) is 1. The monoisotopic (exact) mass is 270 g/mol. The van der Waals surface area contributed by atoms with E-state index in [0.29, 0.717) is 11.3 Å². The molecule has 2 nitrogen and oxygen atoms in total. The Morgan fingerprint density at radius 2 is 2.20 bits per heavy atom. The Hall–Kier alpha value is -0.830. The molecule has 0 aromatic heterocycles. The van der Waals surface area contributed by atoms with E-state index >= 15 is 0 Å². The number of benzene rings is 1. The van der Waals surface area contributed by atoms with Crippen LogP contribution in [-0.4, -0.2) is 12.9 Å². The number of carbonyl (C=O) groups excluding carboxylic acids is 1. The van der Waals surface area contributed by atoms with E-state index in [1.54, 1.807) is 13.2 Å². The highest BCUT2D eigenvalue weighted by atomic mass is 79.9. The molecule has 1 aromatic rings. The van der Waals surface area contributed by atoms with Crippen molar-refractivity contribution in [2.24, 2.45) is 5.92 Å². The van der Waals surface area contributed by atoms with Crippen molar-refractivity contribution in [3.8, 4) is 5.75 Å². The van der Waals surface area contributed by atoms with E-state index in [4.69, 9.17) is 4.74 Å². The predicted molar refractivity (Wildman–Crippen MR) is 64.5 cm³/mol. The second-order valence-electron chi connectivity index (χ2n) is 3.52. The fraction of sp³-hybridized carbons (Fsp3) is 0.417. The van der Waals surface area contributed by atoms with Crippen molar-refractivity contribution < 1.29 is 9.53 Å². The summed E-state index contributed by atoms with van der Waals surface area (Å²) in [5.41, 5.74) is 0.698. The number of rotatable bonds is 4. The van der Waals surface area contributed by atoms with E-state index in [-0.39, 0.29) is 11.7 Å². The highest BCUT2D eigenvalue weighted by molar-refractivity contribution is 9.10. The van der Waals surface area contributed by atoms with Crippen LogP contribution >= 0.6 is 15.9 Å². The third-order valence-corrected chi connectivity index (χ3v) is 3.19. The molecule has 0 spiro atoms. The Morgan fingerprint density at radius 1 is 1.53 bits per heavy atom. The van der Waals surface area contributed by atoms with Crippen LogP contribution in [0.2, 0.25) is 0 Å². The summed E-state index contributed by atoms with van der Waals surface area (Å²) in [6, 6.07) is 5.45. The van der Waals surface area contributed by atoms with Crippen LogP contribution < -0.4 is 4.74 Å². The average Bonchev–Trinajstić information content (AvgIpc) is 2.27. The summed E-state index contributed by atoms with van der Waals surface area (Å²) in [7, 11) is 1.60. The second-order valence-corrected chi connectivity index (χ2v) is 4.37. The first-order chi connectivity index (χ1) is 7.10. The van der Waals surface area contributed by atoms with Gasteiger partial charge < -0.3 is 4.74 Å². The summed E-state index contributed by atoms with van der Waals surface area (Å²) in [4.78, 5) is 12.0. The van der Waals surface area contributed by atoms with Gasteiger partial charge in [-0.3, -0.25) is 4.79 Å². The van der Waals surface area contributed by atoms with E-state index in [1.165, 1.54) is 0 Å². The third-order valence-electron chi connectivity index (χ3n) is 2.50. The molecule has 0 aliphatic heterocycles. The molecule has 1 unspecified atom stereocenters. The fourth-order valence-electron chi connectivity index (χ4n) is 1.27. The van der Waals surface area contributed by atoms with Gasteiger partial charge in [-0.15, -0.1) is 0 Å². The van der Waals surface area contributed by atoms with Gasteiger partial charge in [-0.1, -0.05) is 29.8 Å². The zero-order valence-corrected chi connectivity index (χ0v) is 10.8. The zero-order chi connectivity index (χ0) is 11.4. The molecule has 0 fully saturated rings. The smallest absolute Gasteiger partial charge is 0.166 e. The van der Waals surface area contributed by atoms with Crippen LogP contribution in [0.1, 0.15) is 30.6 Å². The quantitative estimate of drug-likeness (QED) is 0.781. The van der Waals surface area contributed by atoms with Crippen LogP contribution in [0.4, 0.5) is 0 Å². The van der Waals surface area contributed by atoms with Crippen LogP contribution in [-0.2, 0) is 0 Å². The van der Waals surface area contributed by atoms with E-state index in [9.17, 15) is 4.79 Å². The highest BCUT2D eigenvalue weighted by Crippen LogP contribution is 2.25. The lowest BCUT2D eigenvalue weighted by Crippen LogP contribution is -2.11. The molecule has 0 bridgehead atoms. The van der Waals surface area contributed by atoms with Crippen LogP contribution in [0.3, 0.4) is 0 Å². The van der Waals surface area contributed by atoms with Gasteiger partial charge in [-0.05, 0) is 24.6 Å². The maximum Gasteiger partial charge on any atom is 0.166 e. The topological polar surface area (TPSA) is 26.3 Å². The Morgan fingerprint density at radius 3 is 2.73 bits per heavy atom. The number of halogens is 1. The van der Waals surface area contributed by atoms with Crippen LogP contribution in [0.5, 0.6) is 5.75 Å². The molecule has 0 saturated carbocycles. The molecule has 82 valence electrons. The minimum atomic E-state index is 0.0495. The van der Waals surface area contributed by atoms with E-state index in [2.05, 4.69) is 15.9 Å². The van der Waals surface area contributed by atoms with E-state index in [1.807, 2.05) is 26.0 Å². The van der Waals surface area contributed by atoms with Crippen LogP contribution in [0, 0.1) is 5.92 Å². The predicted octanol–water partition coefficient (Wildman–Crippen LogP) is 3.69. The third kappa shape index (κ3) is 2.81. The van der Waals surface area contributed by atoms with Crippen molar-refractivity contribution in [1.82, 2.24) is 0 Å². The van der Waals surface area contributed by atoms with Crippen molar-refractivity contribution in [1.29, 1.82) is 0 Å². The molecule has 0 radical (unpaired) electrons. The highest BCUT2D eigenvalue weighted by Gasteiger charge is 2.16. The summed E-state index contributed by atoms with van der Waals surface area (Å²) in [6.45, 7) is 3.95. The lowest BCUT2D eigenvalue weighted by atomic mass is 9.97. The minimum Gasteiger partial charge on any atom is -0.497 e. The van der Waals surface area contributed by atoms with Crippen LogP contribution in [0.25, 0.3) is 0 Å². The largest absolute Gasteiger partial charge is 0.497 e. The Balaban J connectivity index is 3.07. The molecule has 0 N–H and O–H groups in total. The Bertz CT molecular complexity index is 361. The maximum absolute atomic E-state index is 12.0. The Labute approximate surface area is 98.8 Å². The van der Waals surface area contributed by atoms with Crippen molar-refractivity contribution in [3.05, 3.63) is 28.2 Å². The lowest BCUT2D eigenvalue weighted by molar-refractivity contribution is 0.0926. The molecular weight excluding hydrogens is 256 g/mol. The molecule has 1 rings (SSSR count). The first-order valence-corrected chi connectivity index (χ1v) is 5.77. The zero-order valence-electron chi connectivity index (χ0n) is 9.21. The van der Waals surface area contributed by atoms with Crippen molar-refractivity contribution >= 4 is 21.7 Å². The van der Waals surface area contributed by atoms with Gasteiger partial charge >= 0.3 is 0 Å². The Kier molecular flexibility index (Phi) is 4.33. The molecule has 0 amide bonds.